The Labute approximate surface area is 88.5 Å². The molecule has 14 heavy (non-hydrogen) atoms. The van der Waals surface area contributed by atoms with Gasteiger partial charge in [0.05, 0.1) is 17.7 Å². The third kappa shape index (κ3) is 1.86. The van der Waals surface area contributed by atoms with Crippen molar-refractivity contribution in [2.45, 2.75) is 24.9 Å². The van der Waals surface area contributed by atoms with Gasteiger partial charge in [-0.15, -0.1) is 0 Å². The summed E-state index contributed by atoms with van der Waals surface area (Å²) >= 11 is 6.11. The molecule has 0 spiro atoms. The summed E-state index contributed by atoms with van der Waals surface area (Å²) in [7, 11) is 1.59. The number of ether oxygens (including phenoxy) is 1. The monoisotopic (exact) mass is 212 g/mol. The van der Waals surface area contributed by atoms with Crippen LogP contribution in [0.2, 0.25) is 5.02 Å². The van der Waals surface area contributed by atoms with E-state index in [4.69, 9.17) is 16.3 Å². The molecule has 1 aliphatic carbocycles. The Morgan fingerprint density at radius 2 is 2.21 bits per heavy atom. The Balaban J connectivity index is 2.24. The predicted molar refractivity (Wildman–Crippen MR) is 55.9 cm³/mol. The van der Waals surface area contributed by atoms with Gasteiger partial charge in [-0.05, 0) is 24.5 Å². The maximum atomic E-state index is 9.77. The van der Waals surface area contributed by atoms with Crippen molar-refractivity contribution in [3.05, 3.63) is 28.8 Å². The highest BCUT2D eigenvalue weighted by atomic mass is 35.5. The van der Waals surface area contributed by atoms with Crippen LogP contribution in [-0.2, 0) is 6.42 Å². The number of benzene rings is 1. The molecule has 1 aromatic rings. The molecule has 0 heterocycles. The number of halogens is 1. The van der Waals surface area contributed by atoms with Crippen molar-refractivity contribution in [3.63, 3.8) is 0 Å². The van der Waals surface area contributed by atoms with Crippen molar-refractivity contribution in [2.75, 3.05) is 7.11 Å². The van der Waals surface area contributed by atoms with Crippen LogP contribution in [0.25, 0.3) is 0 Å². The minimum atomic E-state index is -0.504. The average molecular weight is 213 g/mol. The maximum Gasteiger partial charge on any atom is 0.137 e. The lowest BCUT2D eigenvalue weighted by Crippen LogP contribution is -2.11. The van der Waals surface area contributed by atoms with Crippen molar-refractivity contribution in [1.82, 2.24) is 0 Å². The molecule has 0 aliphatic heterocycles. The number of rotatable bonds is 3. The van der Waals surface area contributed by atoms with Gasteiger partial charge in [0.2, 0.25) is 0 Å². The molecule has 2 rings (SSSR count). The molecule has 1 fully saturated rings. The Bertz CT molecular complexity index is 345. The van der Waals surface area contributed by atoms with E-state index < -0.39 is 5.60 Å². The van der Waals surface area contributed by atoms with Crippen molar-refractivity contribution in [3.8, 4) is 5.75 Å². The number of hydrogen-bond donors (Lipinski definition) is 1. The molecule has 1 aromatic carbocycles. The number of hydrogen-bond acceptors (Lipinski definition) is 2. The molecule has 0 bridgehead atoms. The average Bonchev–Trinajstić information content (AvgIpc) is 2.88. The van der Waals surface area contributed by atoms with Crippen LogP contribution in [0, 0.1) is 0 Å². The van der Waals surface area contributed by atoms with Crippen molar-refractivity contribution in [2.24, 2.45) is 0 Å². The first-order valence-electron chi connectivity index (χ1n) is 4.68. The molecule has 1 aliphatic rings. The van der Waals surface area contributed by atoms with Gasteiger partial charge in [0, 0.05) is 6.42 Å². The molecular weight excluding hydrogens is 200 g/mol. The van der Waals surface area contributed by atoms with Crippen LogP contribution >= 0.6 is 11.6 Å². The first-order valence-corrected chi connectivity index (χ1v) is 5.06. The molecule has 0 radical (unpaired) electrons. The van der Waals surface area contributed by atoms with Gasteiger partial charge in [-0.3, -0.25) is 0 Å². The fourth-order valence-corrected chi connectivity index (χ4v) is 1.80. The lowest BCUT2D eigenvalue weighted by Gasteiger charge is -2.11. The minimum absolute atomic E-state index is 0.504. The molecule has 0 atom stereocenters. The molecule has 76 valence electrons. The Morgan fingerprint density at radius 3 is 2.79 bits per heavy atom. The van der Waals surface area contributed by atoms with E-state index in [0.29, 0.717) is 17.2 Å². The Kier molecular flexibility index (Phi) is 2.41. The first-order chi connectivity index (χ1) is 6.64. The van der Waals surface area contributed by atoms with E-state index in [-0.39, 0.29) is 0 Å². The SMILES string of the molecule is COc1cccc(CC2(O)CC2)c1Cl. The van der Waals surface area contributed by atoms with Gasteiger partial charge in [0.1, 0.15) is 5.75 Å². The van der Waals surface area contributed by atoms with Crippen LogP contribution in [-0.4, -0.2) is 17.8 Å². The molecule has 1 N–H and O–H groups in total. The lowest BCUT2D eigenvalue weighted by atomic mass is 10.1. The normalized spacial score (nSPS) is 17.9. The predicted octanol–water partition coefficient (Wildman–Crippen LogP) is 2.42. The quantitative estimate of drug-likeness (QED) is 0.834. The second-order valence-corrected chi connectivity index (χ2v) is 4.21. The van der Waals surface area contributed by atoms with Crippen LogP contribution in [0.5, 0.6) is 5.75 Å². The van der Waals surface area contributed by atoms with Crippen molar-refractivity contribution < 1.29 is 9.84 Å². The van der Waals surface area contributed by atoms with Crippen LogP contribution in [0.15, 0.2) is 18.2 Å². The van der Waals surface area contributed by atoms with Gasteiger partial charge in [0.25, 0.3) is 0 Å². The Hall–Kier alpha value is -0.730. The highest BCUT2D eigenvalue weighted by molar-refractivity contribution is 6.32. The fourth-order valence-electron chi connectivity index (χ4n) is 1.53. The van der Waals surface area contributed by atoms with E-state index in [2.05, 4.69) is 0 Å². The number of methoxy groups -OCH3 is 1. The molecule has 2 nitrogen and oxygen atoms in total. The molecule has 0 amide bonds. The molecular formula is C11H13ClO2. The Morgan fingerprint density at radius 1 is 1.50 bits per heavy atom. The summed E-state index contributed by atoms with van der Waals surface area (Å²) in [4.78, 5) is 0. The summed E-state index contributed by atoms with van der Waals surface area (Å²) in [5, 5.41) is 10.4. The standard InChI is InChI=1S/C11H13ClO2/c1-14-9-4-2-3-8(10(9)12)7-11(13)5-6-11/h2-4,13H,5-7H2,1H3. The fraction of sp³-hybridized carbons (Fsp3) is 0.455. The van der Waals surface area contributed by atoms with Crippen molar-refractivity contribution in [1.29, 1.82) is 0 Å². The molecule has 0 saturated heterocycles. The summed E-state index contributed by atoms with van der Waals surface area (Å²) < 4.78 is 5.11. The molecule has 0 aromatic heterocycles. The van der Waals surface area contributed by atoms with Crippen LogP contribution in [0.4, 0.5) is 0 Å². The largest absolute Gasteiger partial charge is 0.495 e. The number of aliphatic hydroxyl groups is 1. The van der Waals surface area contributed by atoms with Crippen LogP contribution in [0.3, 0.4) is 0 Å². The van der Waals surface area contributed by atoms with Crippen LogP contribution in [0.1, 0.15) is 18.4 Å². The van der Waals surface area contributed by atoms with E-state index in [1.54, 1.807) is 7.11 Å². The zero-order valence-corrected chi connectivity index (χ0v) is 8.84. The minimum Gasteiger partial charge on any atom is -0.495 e. The van der Waals surface area contributed by atoms with E-state index >= 15 is 0 Å². The second-order valence-electron chi connectivity index (χ2n) is 3.83. The van der Waals surface area contributed by atoms with Gasteiger partial charge < -0.3 is 9.84 Å². The van der Waals surface area contributed by atoms with E-state index in [1.165, 1.54) is 0 Å². The zero-order valence-electron chi connectivity index (χ0n) is 8.09. The van der Waals surface area contributed by atoms with Crippen LogP contribution < -0.4 is 4.74 Å². The van der Waals surface area contributed by atoms with E-state index in [1.807, 2.05) is 18.2 Å². The summed E-state index contributed by atoms with van der Waals surface area (Å²) in [6, 6.07) is 5.65. The summed E-state index contributed by atoms with van der Waals surface area (Å²) in [5.41, 5.74) is 0.460. The van der Waals surface area contributed by atoms with Crippen molar-refractivity contribution >= 4 is 11.6 Å². The maximum absolute atomic E-state index is 9.77. The van der Waals surface area contributed by atoms with Gasteiger partial charge >= 0.3 is 0 Å². The highest BCUT2D eigenvalue weighted by Crippen LogP contribution is 2.40. The van der Waals surface area contributed by atoms with E-state index in [0.717, 1.165) is 18.4 Å². The topological polar surface area (TPSA) is 29.5 Å². The van der Waals surface area contributed by atoms with Gasteiger partial charge in [0.15, 0.2) is 0 Å². The second kappa shape index (κ2) is 3.44. The molecule has 0 unspecified atom stereocenters. The van der Waals surface area contributed by atoms with Gasteiger partial charge in [-0.1, -0.05) is 23.7 Å². The smallest absolute Gasteiger partial charge is 0.137 e. The highest BCUT2D eigenvalue weighted by Gasteiger charge is 2.40. The molecule has 1 saturated carbocycles. The summed E-state index contributed by atoms with van der Waals surface area (Å²) in [5.74, 6) is 0.674. The van der Waals surface area contributed by atoms with E-state index in [9.17, 15) is 5.11 Å². The summed E-state index contributed by atoms with van der Waals surface area (Å²) in [6.45, 7) is 0. The molecule has 3 heteroatoms. The third-order valence-electron chi connectivity index (χ3n) is 2.61. The first kappa shape index (κ1) is 9.81. The third-order valence-corrected chi connectivity index (χ3v) is 3.04. The van der Waals surface area contributed by atoms with Gasteiger partial charge in [-0.2, -0.15) is 0 Å². The summed E-state index contributed by atoms with van der Waals surface area (Å²) in [6.07, 6.45) is 2.38. The lowest BCUT2D eigenvalue weighted by molar-refractivity contribution is 0.151. The van der Waals surface area contributed by atoms with Gasteiger partial charge in [-0.25, -0.2) is 0 Å². The zero-order chi connectivity index (χ0) is 10.2.